The predicted octanol–water partition coefficient (Wildman–Crippen LogP) is 10.2. The topological polar surface area (TPSA) is 135 Å². The molecule has 0 radical (unpaired) electrons. The Bertz CT molecular complexity index is 1150. The fourth-order valence-corrected chi connectivity index (χ4v) is 6.26. The number of hydrogen-bond acceptors (Lipinski definition) is 9. The summed E-state index contributed by atoms with van der Waals surface area (Å²) in [5, 5.41) is 40.1. The van der Waals surface area contributed by atoms with Gasteiger partial charge < -0.3 is 39.4 Å². The second-order valence-corrected chi connectivity index (χ2v) is 15.1. The molecule has 1 aliphatic rings. The summed E-state index contributed by atoms with van der Waals surface area (Å²) in [6.07, 6.45) is 46.1. The Morgan fingerprint density at radius 2 is 1.05 bits per heavy atom. The third kappa shape index (κ3) is 30.4. The molecule has 1 rings (SSSR count). The van der Waals surface area contributed by atoms with Crippen molar-refractivity contribution in [3.8, 4) is 0 Å². The van der Waals surface area contributed by atoms with Crippen LogP contribution in [0.25, 0.3) is 0 Å². The van der Waals surface area contributed by atoms with Crippen LogP contribution in [0.15, 0.2) is 85.1 Å². The molecule has 0 aromatic heterocycles. The van der Waals surface area contributed by atoms with Crippen molar-refractivity contribution >= 4 is 5.97 Å². The molecule has 1 aliphatic heterocycles. The Morgan fingerprint density at radius 1 is 0.569 bits per heavy atom. The molecule has 0 spiro atoms. The molecule has 1 fully saturated rings. The molecule has 58 heavy (non-hydrogen) atoms. The van der Waals surface area contributed by atoms with Gasteiger partial charge in [-0.25, -0.2) is 0 Å². The first-order valence-corrected chi connectivity index (χ1v) is 22.7. The fraction of sp³-hybridized carbons (Fsp3) is 0.694. The van der Waals surface area contributed by atoms with Crippen LogP contribution in [0.5, 0.6) is 0 Å². The van der Waals surface area contributed by atoms with E-state index in [0.717, 1.165) is 109 Å². The number of unbranched alkanes of at least 4 members (excludes halogenated alkanes) is 12. The van der Waals surface area contributed by atoms with E-state index in [9.17, 15) is 25.2 Å². The highest BCUT2D eigenvalue weighted by Crippen LogP contribution is 2.22. The Balaban J connectivity index is 2.27. The number of esters is 1. The minimum Gasteiger partial charge on any atom is -0.457 e. The summed E-state index contributed by atoms with van der Waals surface area (Å²) < 4.78 is 22.8. The van der Waals surface area contributed by atoms with Crippen LogP contribution in [-0.2, 0) is 23.7 Å². The molecular formula is C49H82O9. The summed E-state index contributed by atoms with van der Waals surface area (Å²) in [5.41, 5.74) is 0. The van der Waals surface area contributed by atoms with E-state index in [4.69, 9.17) is 18.9 Å². The summed E-state index contributed by atoms with van der Waals surface area (Å²) in [5.74, 6) is -0.338. The lowest BCUT2D eigenvalue weighted by Gasteiger charge is -2.39. The fourth-order valence-electron chi connectivity index (χ4n) is 6.26. The zero-order chi connectivity index (χ0) is 42.2. The van der Waals surface area contributed by atoms with Crippen molar-refractivity contribution in [3.63, 3.8) is 0 Å². The molecule has 0 bridgehead atoms. The number of carbonyl (C=O) groups is 1. The van der Waals surface area contributed by atoms with E-state index in [1.807, 2.05) is 0 Å². The maximum atomic E-state index is 12.8. The van der Waals surface area contributed by atoms with Gasteiger partial charge >= 0.3 is 5.97 Å². The van der Waals surface area contributed by atoms with Crippen LogP contribution in [0.3, 0.4) is 0 Å². The van der Waals surface area contributed by atoms with Crippen LogP contribution in [0.4, 0.5) is 0 Å². The van der Waals surface area contributed by atoms with Crippen molar-refractivity contribution in [2.75, 3.05) is 26.4 Å². The van der Waals surface area contributed by atoms with E-state index >= 15 is 0 Å². The van der Waals surface area contributed by atoms with E-state index in [0.29, 0.717) is 13.0 Å². The number of rotatable bonds is 37. The SMILES string of the molecule is CC/C=C\C/C=C\C/C=C\C/C=C\C/C=C\CCCCCCCCOCC(COC1OC(CO)C(O)C(O)C1O)OC(=O)CCCCCCC/C=C\C/C=C\CCC. The van der Waals surface area contributed by atoms with Gasteiger partial charge in [-0.15, -0.1) is 0 Å². The van der Waals surface area contributed by atoms with E-state index in [2.05, 4.69) is 98.9 Å². The number of aliphatic hydroxyl groups is 4. The highest BCUT2D eigenvalue weighted by atomic mass is 16.7. The van der Waals surface area contributed by atoms with Gasteiger partial charge in [0.25, 0.3) is 0 Å². The molecule has 6 atom stereocenters. The first-order valence-electron chi connectivity index (χ1n) is 22.7. The summed E-state index contributed by atoms with van der Waals surface area (Å²) in [4.78, 5) is 12.8. The van der Waals surface area contributed by atoms with Gasteiger partial charge in [0.05, 0.1) is 19.8 Å². The highest BCUT2D eigenvalue weighted by molar-refractivity contribution is 5.69. The minimum atomic E-state index is -1.55. The van der Waals surface area contributed by atoms with Gasteiger partial charge in [-0.05, 0) is 83.5 Å². The van der Waals surface area contributed by atoms with Crippen molar-refractivity contribution in [2.24, 2.45) is 0 Å². The van der Waals surface area contributed by atoms with Crippen molar-refractivity contribution in [1.29, 1.82) is 0 Å². The molecule has 0 aromatic rings. The molecule has 1 saturated heterocycles. The maximum absolute atomic E-state index is 12.8. The summed E-state index contributed by atoms with van der Waals surface area (Å²) >= 11 is 0. The summed E-state index contributed by atoms with van der Waals surface area (Å²) in [6, 6.07) is 0. The standard InChI is InChI=1S/C49H82O9/c1-3-5-7-9-11-13-15-17-18-19-20-21-22-23-24-25-27-29-31-33-35-37-39-55-41-43(42-56-49-48(54)47(53)46(52)44(40-50)58-49)57-45(51)38-36-34-32-30-28-26-16-14-12-10-8-6-4-2/h5,7-8,10-11,13-14,16-18,20-21,23-24,43-44,46-50,52-54H,3-4,6,9,12,15,19,22,25-42H2,1-2H3/b7-5-,10-8-,13-11-,16-14-,18-17-,21-20-,24-23-. The summed E-state index contributed by atoms with van der Waals surface area (Å²) in [6.45, 7) is 4.30. The molecule has 6 unspecified atom stereocenters. The van der Waals surface area contributed by atoms with E-state index < -0.39 is 43.4 Å². The third-order valence-electron chi connectivity index (χ3n) is 9.78. The van der Waals surface area contributed by atoms with Crippen LogP contribution in [0.1, 0.15) is 155 Å². The van der Waals surface area contributed by atoms with Gasteiger partial charge in [-0.2, -0.15) is 0 Å². The molecular weight excluding hydrogens is 733 g/mol. The van der Waals surface area contributed by atoms with Crippen LogP contribution in [-0.4, -0.2) is 89.6 Å². The van der Waals surface area contributed by atoms with E-state index in [1.54, 1.807) is 0 Å². The monoisotopic (exact) mass is 815 g/mol. The first-order chi connectivity index (χ1) is 28.4. The molecule has 9 nitrogen and oxygen atoms in total. The molecule has 1 heterocycles. The van der Waals surface area contributed by atoms with Crippen LogP contribution in [0, 0.1) is 0 Å². The van der Waals surface area contributed by atoms with Crippen molar-refractivity contribution < 1.29 is 44.2 Å². The molecule has 9 heteroatoms. The predicted molar refractivity (Wildman–Crippen MR) is 237 cm³/mol. The number of ether oxygens (including phenoxy) is 4. The Morgan fingerprint density at radius 3 is 1.59 bits per heavy atom. The van der Waals surface area contributed by atoms with Gasteiger partial charge in [0.2, 0.25) is 0 Å². The molecule has 0 amide bonds. The normalized spacial score (nSPS) is 21.1. The number of hydrogen-bond donors (Lipinski definition) is 4. The number of aliphatic hydroxyl groups excluding tert-OH is 4. The maximum Gasteiger partial charge on any atom is 0.306 e. The van der Waals surface area contributed by atoms with Crippen molar-refractivity contribution in [1.82, 2.24) is 0 Å². The molecule has 4 N–H and O–H groups in total. The van der Waals surface area contributed by atoms with Gasteiger partial charge in [0.15, 0.2) is 6.29 Å². The second kappa shape index (κ2) is 39.8. The molecule has 0 saturated carbocycles. The Labute approximate surface area is 352 Å². The average molecular weight is 815 g/mol. The zero-order valence-corrected chi connectivity index (χ0v) is 36.3. The average Bonchev–Trinajstić information content (AvgIpc) is 3.22. The first kappa shape index (κ1) is 53.4. The quantitative estimate of drug-likeness (QED) is 0.0275. The van der Waals surface area contributed by atoms with Crippen molar-refractivity contribution in [3.05, 3.63) is 85.1 Å². The number of allylic oxidation sites excluding steroid dienone is 14. The Hall–Kier alpha value is -2.63. The van der Waals surface area contributed by atoms with Gasteiger partial charge in [0.1, 0.15) is 30.5 Å². The smallest absolute Gasteiger partial charge is 0.306 e. The van der Waals surface area contributed by atoms with Gasteiger partial charge in [-0.3, -0.25) is 4.79 Å². The lowest BCUT2D eigenvalue weighted by molar-refractivity contribution is -0.305. The Kier molecular flexibility index (Phi) is 36.6. The molecule has 332 valence electrons. The van der Waals surface area contributed by atoms with Crippen LogP contribution >= 0.6 is 0 Å². The number of carbonyl (C=O) groups excluding carboxylic acids is 1. The van der Waals surface area contributed by atoms with Gasteiger partial charge in [0, 0.05) is 13.0 Å². The van der Waals surface area contributed by atoms with Gasteiger partial charge in [-0.1, -0.05) is 150 Å². The van der Waals surface area contributed by atoms with Crippen LogP contribution in [0.2, 0.25) is 0 Å². The van der Waals surface area contributed by atoms with E-state index in [1.165, 1.54) is 25.7 Å². The largest absolute Gasteiger partial charge is 0.457 e. The third-order valence-corrected chi connectivity index (χ3v) is 9.78. The second-order valence-electron chi connectivity index (χ2n) is 15.1. The molecule has 0 aromatic carbocycles. The van der Waals surface area contributed by atoms with Crippen LogP contribution < -0.4 is 0 Å². The lowest BCUT2D eigenvalue weighted by atomic mass is 9.99. The zero-order valence-electron chi connectivity index (χ0n) is 36.3. The minimum absolute atomic E-state index is 0.123. The van der Waals surface area contributed by atoms with Crippen molar-refractivity contribution in [2.45, 2.75) is 192 Å². The summed E-state index contributed by atoms with van der Waals surface area (Å²) in [7, 11) is 0. The molecule has 0 aliphatic carbocycles. The highest BCUT2D eigenvalue weighted by Gasteiger charge is 2.44. The van der Waals surface area contributed by atoms with E-state index in [-0.39, 0.29) is 19.2 Å². The lowest BCUT2D eigenvalue weighted by Crippen LogP contribution is -2.59.